The molecule has 414 valence electrons. The molecule has 5 heterocycles. The lowest BCUT2D eigenvalue weighted by Gasteiger charge is -2.27. The molecule has 7 aromatic rings. The highest BCUT2D eigenvalue weighted by Crippen LogP contribution is 2.41. The number of halogens is 6. The Morgan fingerprint density at radius 1 is 0.662 bits per heavy atom. The molecule has 3 N–H and O–H groups in total. The van der Waals surface area contributed by atoms with E-state index in [-0.39, 0.29) is 79.0 Å². The van der Waals surface area contributed by atoms with Gasteiger partial charge < -0.3 is 30.2 Å². The Labute approximate surface area is 470 Å². The number of hydrogen-bond donors (Lipinski definition) is 3. The molecule has 2 aliphatic heterocycles. The molecular formula is C53H44F6N10O7S4. The Bertz CT molecular complexity index is 3710. The Kier molecular flexibility index (Phi) is 16.6. The molecule has 0 unspecified atom stereocenters. The molecule has 80 heavy (non-hydrogen) atoms. The first-order valence-corrected chi connectivity index (χ1v) is 26.1. The second-order valence-corrected chi connectivity index (χ2v) is 21.6. The topological polar surface area (TPSA) is 195 Å². The van der Waals surface area contributed by atoms with Gasteiger partial charge in [0.05, 0.1) is 40.6 Å². The number of nitrogens with one attached hydrogen (secondary N) is 3. The number of rotatable bonds is 12. The number of urea groups is 2. The minimum absolute atomic E-state index is 0.00438. The highest BCUT2D eigenvalue weighted by atomic mass is 32.2. The number of alkyl halides is 6. The Morgan fingerprint density at radius 3 is 1.68 bits per heavy atom. The van der Waals surface area contributed by atoms with Crippen molar-refractivity contribution in [3.05, 3.63) is 166 Å². The smallest absolute Gasteiger partial charge is 0.446 e. The van der Waals surface area contributed by atoms with E-state index >= 15 is 0 Å². The summed E-state index contributed by atoms with van der Waals surface area (Å²) in [5, 5.41) is 6.44. The number of thiocarbonyl (C=S) groups is 1. The average Bonchev–Trinajstić information content (AvgIpc) is 3.75. The predicted molar refractivity (Wildman–Crippen MR) is 296 cm³/mol. The first kappa shape index (κ1) is 58.0. The minimum atomic E-state index is -4.45. The molecule has 0 bridgehead atoms. The number of thioether (sulfide) groups is 2. The van der Waals surface area contributed by atoms with Crippen LogP contribution >= 0.6 is 48.0 Å². The number of fused-ring (bicyclic) bond motifs is 1. The van der Waals surface area contributed by atoms with Crippen LogP contribution in [0.2, 0.25) is 0 Å². The van der Waals surface area contributed by atoms with Gasteiger partial charge in [0.2, 0.25) is 0 Å². The van der Waals surface area contributed by atoms with Gasteiger partial charge in [0.15, 0.2) is 9.88 Å². The maximum Gasteiger partial charge on any atom is 0.446 e. The number of aromatic nitrogens is 4. The number of amides is 6. The lowest BCUT2D eigenvalue weighted by molar-refractivity contribution is -0.124. The molecule has 0 radical (unpaired) electrons. The normalized spacial score (nSPS) is 15.0. The third kappa shape index (κ3) is 12.6. The summed E-state index contributed by atoms with van der Waals surface area (Å²) < 4.78 is 82.3. The van der Waals surface area contributed by atoms with Gasteiger partial charge >= 0.3 is 29.0 Å². The summed E-state index contributed by atoms with van der Waals surface area (Å²) >= 11 is 10.2. The number of pyridine rings is 2. The van der Waals surface area contributed by atoms with Gasteiger partial charge in [0.25, 0.3) is 17.4 Å². The van der Waals surface area contributed by atoms with Crippen molar-refractivity contribution in [2.24, 2.45) is 0 Å². The number of esters is 1. The summed E-state index contributed by atoms with van der Waals surface area (Å²) in [6.07, 6.45) is 2.98. The molecule has 17 nitrogen and oxygen atoms in total. The summed E-state index contributed by atoms with van der Waals surface area (Å²) in [5.74, 6) is -0.976. The molecule has 2 aliphatic rings. The van der Waals surface area contributed by atoms with E-state index in [0.717, 1.165) is 9.80 Å². The van der Waals surface area contributed by atoms with Gasteiger partial charge in [0.1, 0.15) is 22.7 Å². The number of ether oxygens (including phenoxy) is 1. The summed E-state index contributed by atoms with van der Waals surface area (Å²) in [4.78, 5) is 94.5. The fourth-order valence-corrected chi connectivity index (χ4v) is 10.0. The zero-order valence-electron chi connectivity index (χ0n) is 42.5. The van der Waals surface area contributed by atoms with Crippen LogP contribution in [0.15, 0.2) is 148 Å². The number of carbonyl (C=O) groups is 5. The molecule has 0 saturated carbocycles. The van der Waals surface area contributed by atoms with Crippen molar-refractivity contribution in [1.82, 2.24) is 29.3 Å². The highest BCUT2D eigenvalue weighted by Gasteiger charge is 2.53. The Balaban J connectivity index is 0.000000210. The number of hydrogen-bond acceptors (Lipinski definition) is 13. The molecule has 0 atom stereocenters. The van der Waals surface area contributed by atoms with Gasteiger partial charge in [-0.1, -0.05) is 24.3 Å². The molecule has 4 aromatic carbocycles. The summed E-state index contributed by atoms with van der Waals surface area (Å²) in [6.45, 7) is 6.42. The van der Waals surface area contributed by atoms with E-state index in [0.29, 0.717) is 39.1 Å². The quantitative estimate of drug-likeness (QED) is 0.0343. The minimum Gasteiger partial charge on any atom is -0.465 e. The first-order valence-electron chi connectivity index (χ1n) is 23.6. The van der Waals surface area contributed by atoms with Crippen LogP contribution in [0.5, 0.6) is 0 Å². The molecular weight excluding hydrogens is 1130 g/mol. The zero-order chi connectivity index (χ0) is 58.1. The monoisotopic (exact) mass is 1170 g/mol. The van der Waals surface area contributed by atoms with E-state index in [9.17, 15) is 55.1 Å². The summed E-state index contributed by atoms with van der Waals surface area (Å²) in [5.41, 5.74) is -8.89. The maximum absolute atomic E-state index is 13.4. The van der Waals surface area contributed by atoms with Gasteiger partial charge in [-0.15, -0.1) is 0 Å². The summed E-state index contributed by atoms with van der Waals surface area (Å²) in [6, 6.07) is 29.0. The number of carbonyl (C=O) groups excluding carboxylic acids is 5. The van der Waals surface area contributed by atoms with E-state index in [1.54, 1.807) is 100 Å². The molecule has 2 fully saturated rings. The zero-order valence-corrected chi connectivity index (χ0v) is 45.8. The van der Waals surface area contributed by atoms with Crippen molar-refractivity contribution in [3.63, 3.8) is 0 Å². The Morgan fingerprint density at radius 2 is 1.15 bits per heavy atom. The predicted octanol–water partition coefficient (Wildman–Crippen LogP) is 11.8. The third-order valence-electron chi connectivity index (χ3n) is 12.5. The number of imide groups is 2. The number of aromatic amines is 1. The van der Waals surface area contributed by atoms with Crippen LogP contribution in [-0.4, -0.2) is 93.5 Å². The fourth-order valence-electron chi connectivity index (χ4n) is 8.46. The third-order valence-corrected chi connectivity index (χ3v) is 14.4. The molecule has 6 amide bonds. The van der Waals surface area contributed by atoms with E-state index in [2.05, 4.69) is 25.6 Å². The van der Waals surface area contributed by atoms with Crippen molar-refractivity contribution in [3.8, 4) is 5.82 Å². The van der Waals surface area contributed by atoms with Crippen molar-refractivity contribution in [1.29, 1.82) is 0 Å². The highest BCUT2D eigenvalue weighted by molar-refractivity contribution is 8.00. The SMILES string of the molecule is CC1(C)C(=O)N(c2ccc(SC(F)(F)F)cc2)C(=O)N1Cc1ccnc(-n2c(=S)[nH]c3ccccc3c2=O)c1.COC(=O)c1ccccc1NC(=S)Nc1cc(CN2C(=O)N(c3ccc(SC(F)(F)F)cc3)C(=O)C2(C)C)ccn1. The van der Waals surface area contributed by atoms with Gasteiger partial charge in [-0.2, -0.15) is 26.3 Å². The van der Waals surface area contributed by atoms with E-state index in [4.69, 9.17) is 29.2 Å². The van der Waals surface area contributed by atoms with Gasteiger partial charge in [-0.05, 0) is 184 Å². The number of methoxy groups -OCH3 is 1. The number of H-pyrrole nitrogens is 1. The largest absolute Gasteiger partial charge is 0.465 e. The average molecular weight is 1180 g/mol. The standard InChI is InChI=1S/C27H24F3N5O4S2.C26H20F3N5O3S2/c1-26(2)23(37)35(17-8-10-18(11-9-17)41-27(28,29)30)25(38)34(26)15-16-12-13-31-21(14-16)33-24(40)32-20-7-5-4-6-19(20)22(36)39-3;1-25(2)22(36)33(16-7-9-17(10-8-16)39-26(27,28)29)24(37)32(25)14-15-11-12-30-20(13-15)34-21(35)18-5-3-4-6-19(18)31-23(34)38/h4-14H,15H2,1-3H3,(H2,31,32,33,40);3-13H,14H2,1-2H3,(H,31,38). The number of benzene rings is 4. The van der Waals surface area contributed by atoms with Crippen LogP contribution in [0, 0.1) is 4.77 Å². The second-order valence-electron chi connectivity index (χ2n) is 18.5. The lowest BCUT2D eigenvalue weighted by atomic mass is 10.0. The van der Waals surface area contributed by atoms with Crippen LogP contribution < -0.4 is 26.0 Å². The second kappa shape index (κ2) is 22.9. The van der Waals surface area contributed by atoms with Crippen molar-refractivity contribution < 1.29 is 55.1 Å². The van der Waals surface area contributed by atoms with Crippen LogP contribution in [0.3, 0.4) is 0 Å². The van der Waals surface area contributed by atoms with Crippen molar-refractivity contribution in [2.75, 3.05) is 27.5 Å². The number of anilines is 4. The van der Waals surface area contributed by atoms with E-state index < -0.39 is 51.9 Å². The lowest BCUT2D eigenvalue weighted by Crippen LogP contribution is -2.43. The van der Waals surface area contributed by atoms with Crippen molar-refractivity contribution in [2.45, 2.75) is 72.7 Å². The van der Waals surface area contributed by atoms with E-state index in [1.807, 2.05) is 0 Å². The fraction of sp³-hybridized carbons (Fsp3) is 0.208. The van der Waals surface area contributed by atoms with Gasteiger partial charge in [0, 0.05) is 35.3 Å². The molecule has 0 aliphatic carbocycles. The maximum atomic E-state index is 13.4. The number of nitrogens with zero attached hydrogens (tertiary/aromatic N) is 7. The molecule has 9 rings (SSSR count). The van der Waals surface area contributed by atoms with Gasteiger partial charge in [-0.25, -0.2) is 38.7 Å². The van der Waals surface area contributed by atoms with Crippen LogP contribution in [0.1, 0.15) is 49.2 Å². The van der Waals surface area contributed by atoms with Crippen LogP contribution in [-0.2, 0) is 27.4 Å². The van der Waals surface area contributed by atoms with Gasteiger partial charge in [-0.3, -0.25) is 14.4 Å². The first-order chi connectivity index (χ1) is 37.7. The number of para-hydroxylation sites is 2. The Hall–Kier alpha value is -8.14. The molecule has 3 aromatic heterocycles. The van der Waals surface area contributed by atoms with Crippen molar-refractivity contribution >= 4 is 117 Å². The summed E-state index contributed by atoms with van der Waals surface area (Å²) in [7, 11) is 1.28. The molecule has 0 spiro atoms. The van der Waals surface area contributed by atoms with Crippen LogP contribution in [0.4, 0.5) is 58.8 Å². The molecule has 27 heteroatoms. The van der Waals surface area contributed by atoms with Crippen LogP contribution in [0.25, 0.3) is 16.7 Å². The molecule has 2 saturated heterocycles. The van der Waals surface area contributed by atoms with E-state index in [1.165, 1.54) is 82.4 Å².